The molecule has 0 bridgehead atoms. The summed E-state index contributed by atoms with van der Waals surface area (Å²) in [7, 11) is 0. The summed E-state index contributed by atoms with van der Waals surface area (Å²) in [5.41, 5.74) is 2.28. The second-order valence-electron chi connectivity index (χ2n) is 8.28. The summed E-state index contributed by atoms with van der Waals surface area (Å²) >= 11 is 0. The minimum atomic E-state index is -0.332. The largest absolute Gasteiger partial charge is 0.494 e. The molecular formula is C25H28N2O3. The average molecular weight is 405 g/mol. The molecule has 1 atom stereocenters. The van der Waals surface area contributed by atoms with Gasteiger partial charge in [0, 0.05) is 30.1 Å². The molecule has 0 radical (unpaired) electrons. The summed E-state index contributed by atoms with van der Waals surface area (Å²) in [6.07, 6.45) is 4.17. The first-order chi connectivity index (χ1) is 14.6. The number of amides is 1. The van der Waals surface area contributed by atoms with E-state index in [1.165, 1.54) is 0 Å². The maximum atomic E-state index is 13.4. The zero-order valence-corrected chi connectivity index (χ0v) is 17.4. The first-order valence-electron chi connectivity index (χ1n) is 10.5. The molecule has 156 valence electrons. The Balaban J connectivity index is 1.49. The molecule has 0 unspecified atom stereocenters. The van der Waals surface area contributed by atoms with Gasteiger partial charge in [-0.3, -0.25) is 9.78 Å². The van der Waals surface area contributed by atoms with Crippen molar-refractivity contribution in [3.63, 3.8) is 0 Å². The zero-order valence-electron chi connectivity index (χ0n) is 17.4. The number of carbonyl (C=O) groups excluding carboxylic acids is 1. The van der Waals surface area contributed by atoms with Crippen molar-refractivity contribution in [1.82, 2.24) is 9.88 Å². The Morgan fingerprint density at radius 1 is 1.20 bits per heavy atom. The smallest absolute Gasteiger partial charge is 0.254 e. The zero-order chi connectivity index (χ0) is 21.0. The number of pyridine rings is 1. The van der Waals surface area contributed by atoms with Gasteiger partial charge in [-0.05, 0) is 56.5 Å². The highest BCUT2D eigenvalue weighted by molar-refractivity contribution is 6.06. The molecule has 1 aliphatic rings. The van der Waals surface area contributed by atoms with E-state index in [4.69, 9.17) is 4.74 Å². The number of piperidine rings is 1. The van der Waals surface area contributed by atoms with Gasteiger partial charge in [-0.1, -0.05) is 29.8 Å². The second kappa shape index (κ2) is 8.84. The molecule has 2 heterocycles. The standard InChI is InChI=1S/C25H28N2O3/c1-19-8-9-23-22(16-19)21(10-13-26-23)24(29)27-14-5-11-25(17-27,18-28)12-15-30-20-6-3-2-4-7-20/h2-4,6-10,13,16,28H,5,11-12,14-15,17-18H2,1H3/t25-/m0/s1. The van der Waals surface area contributed by atoms with E-state index in [0.29, 0.717) is 31.7 Å². The molecule has 30 heavy (non-hydrogen) atoms. The number of fused-ring (bicyclic) bond motifs is 1. The van der Waals surface area contributed by atoms with Gasteiger partial charge in [-0.15, -0.1) is 0 Å². The molecule has 5 nitrogen and oxygen atoms in total. The van der Waals surface area contributed by atoms with Crippen molar-refractivity contribution in [3.05, 3.63) is 71.9 Å². The topological polar surface area (TPSA) is 62.7 Å². The van der Waals surface area contributed by atoms with Gasteiger partial charge in [0.15, 0.2) is 0 Å². The fourth-order valence-corrected chi connectivity index (χ4v) is 4.31. The van der Waals surface area contributed by atoms with Crippen LogP contribution in [0.15, 0.2) is 60.8 Å². The molecule has 0 spiro atoms. The fraction of sp³-hybridized carbons (Fsp3) is 0.360. The Morgan fingerprint density at radius 3 is 2.83 bits per heavy atom. The van der Waals surface area contributed by atoms with Gasteiger partial charge >= 0.3 is 0 Å². The summed E-state index contributed by atoms with van der Waals surface area (Å²) in [5, 5.41) is 11.1. The van der Waals surface area contributed by atoms with E-state index < -0.39 is 0 Å². The summed E-state index contributed by atoms with van der Waals surface area (Å²) < 4.78 is 5.86. The molecule has 1 aromatic heterocycles. The quantitative estimate of drug-likeness (QED) is 0.668. The number of hydrogen-bond acceptors (Lipinski definition) is 4. The number of aryl methyl sites for hydroxylation is 1. The van der Waals surface area contributed by atoms with Crippen LogP contribution in [-0.2, 0) is 0 Å². The Kier molecular flexibility index (Phi) is 6.00. The average Bonchev–Trinajstić information content (AvgIpc) is 2.79. The number of benzene rings is 2. The normalized spacial score (nSPS) is 19.1. The minimum Gasteiger partial charge on any atom is -0.494 e. The van der Waals surface area contributed by atoms with Crippen molar-refractivity contribution in [2.24, 2.45) is 5.41 Å². The number of hydrogen-bond donors (Lipinski definition) is 1. The van der Waals surface area contributed by atoms with Gasteiger partial charge in [0.1, 0.15) is 5.75 Å². The minimum absolute atomic E-state index is 0.00880. The van der Waals surface area contributed by atoms with Crippen molar-refractivity contribution in [2.45, 2.75) is 26.2 Å². The lowest BCUT2D eigenvalue weighted by molar-refractivity contribution is 0.0157. The number of likely N-dealkylation sites (tertiary alicyclic amines) is 1. The molecular weight excluding hydrogens is 376 g/mol. The molecule has 1 saturated heterocycles. The highest BCUT2D eigenvalue weighted by Crippen LogP contribution is 2.34. The SMILES string of the molecule is Cc1ccc2nccc(C(=O)N3CCC[C@](CO)(CCOc4ccccc4)C3)c2c1. The fourth-order valence-electron chi connectivity index (χ4n) is 4.31. The summed E-state index contributed by atoms with van der Waals surface area (Å²) in [6, 6.07) is 17.5. The number of nitrogens with zero attached hydrogens (tertiary/aromatic N) is 2. The lowest BCUT2D eigenvalue weighted by atomic mass is 9.78. The van der Waals surface area contributed by atoms with Crippen LogP contribution in [0.25, 0.3) is 10.9 Å². The Bertz CT molecular complexity index is 1020. The van der Waals surface area contributed by atoms with Crippen LogP contribution in [0.5, 0.6) is 5.75 Å². The van der Waals surface area contributed by atoms with E-state index in [-0.39, 0.29) is 17.9 Å². The molecule has 3 aromatic rings. The third kappa shape index (κ3) is 4.31. The van der Waals surface area contributed by atoms with Crippen LogP contribution in [-0.4, -0.2) is 47.2 Å². The Labute approximate surface area is 177 Å². The van der Waals surface area contributed by atoms with Crippen molar-refractivity contribution >= 4 is 16.8 Å². The molecule has 4 rings (SSSR count). The summed E-state index contributed by atoms with van der Waals surface area (Å²) in [5.74, 6) is 0.836. The van der Waals surface area contributed by atoms with Crippen molar-refractivity contribution in [3.8, 4) is 5.75 Å². The van der Waals surface area contributed by atoms with Gasteiger partial charge in [-0.2, -0.15) is 0 Å². The lowest BCUT2D eigenvalue weighted by Crippen LogP contribution is -2.48. The molecule has 0 aliphatic carbocycles. The first kappa shape index (κ1) is 20.4. The van der Waals surface area contributed by atoms with Gasteiger partial charge in [0.2, 0.25) is 0 Å². The highest BCUT2D eigenvalue weighted by Gasteiger charge is 2.37. The molecule has 5 heteroatoms. The third-order valence-corrected chi connectivity index (χ3v) is 6.06. The number of aliphatic hydroxyl groups excluding tert-OH is 1. The predicted octanol–water partition coefficient (Wildman–Crippen LogP) is 4.23. The van der Waals surface area contributed by atoms with Crippen LogP contribution in [0.2, 0.25) is 0 Å². The van der Waals surface area contributed by atoms with Crippen molar-refractivity contribution in [1.29, 1.82) is 0 Å². The Hall–Kier alpha value is -2.92. The highest BCUT2D eigenvalue weighted by atomic mass is 16.5. The van der Waals surface area contributed by atoms with Crippen LogP contribution < -0.4 is 4.74 Å². The van der Waals surface area contributed by atoms with Crippen molar-refractivity contribution in [2.75, 3.05) is 26.3 Å². The second-order valence-corrected chi connectivity index (χ2v) is 8.28. The monoisotopic (exact) mass is 404 g/mol. The van der Waals surface area contributed by atoms with Gasteiger partial charge in [0.25, 0.3) is 5.91 Å². The van der Waals surface area contributed by atoms with E-state index in [0.717, 1.165) is 35.1 Å². The van der Waals surface area contributed by atoms with Crippen LogP contribution in [0.4, 0.5) is 0 Å². The number of carbonyl (C=O) groups is 1. The van der Waals surface area contributed by atoms with E-state index in [2.05, 4.69) is 4.98 Å². The molecule has 1 fully saturated rings. The molecule has 1 aliphatic heterocycles. The molecule has 0 saturated carbocycles. The number of para-hydroxylation sites is 1. The summed E-state index contributed by atoms with van der Waals surface area (Å²) in [4.78, 5) is 19.7. The van der Waals surface area contributed by atoms with Gasteiger partial charge < -0.3 is 14.7 Å². The Morgan fingerprint density at radius 2 is 2.03 bits per heavy atom. The lowest BCUT2D eigenvalue weighted by Gasteiger charge is -2.42. The first-order valence-corrected chi connectivity index (χ1v) is 10.5. The maximum absolute atomic E-state index is 13.4. The van der Waals surface area contributed by atoms with Gasteiger partial charge in [0.05, 0.1) is 24.3 Å². The van der Waals surface area contributed by atoms with Crippen LogP contribution in [0, 0.1) is 12.3 Å². The third-order valence-electron chi connectivity index (χ3n) is 6.06. The van der Waals surface area contributed by atoms with Gasteiger partial charge in [-0.25, -0.2) is 0 Å². The van der Waals surface area contributed by atoms with Crippen molar-refractivity contribution < 1.29 is 14.6 Å². The predicted molar refractivity (Wildman–Crippen MR) is 118 cm³/mol. The number of ether oxygens (including phenoxy) is 1. The van der Waals surface area contributed by atoms with Crippen LogP contribution in [0.3, 0.4) is 0 Å². The van der Waals surface area contributed by atoms with E-state index in [1.54, 1.807) is 12.3 Å². The number of rotatable bonds is 6. The number of aliphatic hydroxyl groups is 1. The number of aromatic nitrogens is 1. The maximum Gasteiger partial charge on any atom is 0.254 e. The molecule has 2 aromatic carbocycles. The van der Waals surface area contributed by atoms with Crippen LogP contribution in [0.1, 0.15) is 35.2 Å². The van der Waals surface area contributed by atoms with Crippen LogP contribution >= 0.6 is 0 Å². The molecule has 1 N–H and O–H groups in total. The molecule has 1 amide bonds. The van der Waals surface area contributed by atoms with E-state index in [9.17, 15) is 9.90 Å². The summed E-state index contributed by atoms with van der Waals surface area (Å²) in [6.45, 7) is 3.83. The van der Waals surface area contributed by atoms with E-state index in [1.807, 2.05) is 60.4 Å². The van der Waals surface area contributed by atoms with E-state index >= 15 is 0 Å².